The number of primary amides is 1. The Morgan fingerprint density at radius 3 is 2.76 bits per heavy atom. The minimum absolute atomic E-state index is 0.0532. The molecule has 0 bridgehead atoms. The highest BCUT2D eigenvalue weighted by Gasteiger charge is 2.22. The molecular formula is C18H17N3O2S2. The monoisotopic (exact) mass is 371 g/mol. The van der Waals surface area contributed by atoms with Crippen LogP contribution in [0, 0.1) is 0 Å². The highest BCUT2D eigenvalue weighted by Crippen LogP contribution is 2.35. The Labute approximate surface area is 152 Å². The molecule has 0 saturated heterocycles. The van der Waals surface area contributed by atoms with Gasteiger partial charge in [0.25, 0.3) is 5.56 Å². The van der Waals surface area contributed by atoms with Gasteiger partial charge in [-0.15, -0.1) is 11.3 Å². The minimum Gasteiger partial charge on any atom is -0.369 e. The molecule has 4 rings (SSSR count). The molecule has 1 amide bonds. The van der Waals surface area contributed by atoms with Crippen molar-refractivity contribution in [2.24, 2.45) is 5.73 Å². The van der Waals surface area contributed by atoms with E-state index in [1.165, 1.54) is 22.2 Å². The molecule has 128 valence electrons. The van der Waals surface area contributed by atoms with Crippen LogP contribution < -0.4 is 11.3 Å². The fraction of sp³-hybridized carbons (Fsp3) is 0.278. The number of thiophene rings is 1. The van der Waals surface area contributed by atoms with E-state index in [9.17, 15) is 9.59 Å². The highest BCUT2D eigenvalue weighted by atomic mass is 32.2. The van der Waals surface area contributed by atoms with Gasteiger partial charge in [-0.1, -0.05) is 30.0 Å². The molecule has 2 aromatic heterocycles. The summed E-state index contributed by atoms with van der Waals surface area (Å²) < 4.78 is 1.61. The average molecular weight is 371 g/mol. The normalized spacial score (nSPS) is 13.8. The van der Waals surface area contributed by atoms with Crippen LogP contribution in [0.5, 0.6) is 0 Å². The van der Waals surface area contributed by atoms with Crippen LogP contribution in [0.15, 0.2) is 40.3 Å². The van der Waals surface area contributed by atoms with Gasteiger partial charge < -0.3 is 5.73 Å². The SMILES string of the molecule is NC(=O)CSc1nc2sc3c(c2c(=O)n1-c1ccccc1)CCCC3. The largest absolute Gasteiger partial charge is 0.369 e. The van der Waals surface area contributed by atoms with Crippen LogP contribution in [0.2, 0.25) is 0 Å². The minimum atomic E-state index is -0.426. The van der Waals surface area contributed by atoms with Crippen molar-refractivity contribution in [1.29, 1.82) is 0 Å². The number of nitrogens with zero attached hydrogens (tertiary/aromatic N) is 2. The molecule has 25 heavy (non-hydrogen) atoms. The molecule has 3 aromatic rings. The van der Waals surface area contributed by atoms with Gasteiger partial charge in [-0.3, -0.25) is 14.2 Å². The third-order valence-corrected chi connectivity index (χ3v) is 6.46. The van der Waals surface area contributed by atoms with Crippen LogP contribution in [-0.2, 0) is 17.6 Å². The van der Waals surface area contributed by atoms with E-state index in [1.807, 2.05) is 30.3 Å². The molecule has 0 atom stereocenters. The van der Waals surface area contributed by atoms with E-state index < -0.39 is 5.91 Å². The Kier molecular flexibility index (Phi) is 4.35. The van der Waals surface area contributed by atoms with Crippen LogP contribution in [0.4, 0.5) is 0 Å². The summed E-state index contributed by atoms with van der Waals surface area (Å²) in [4.78, 5) is 31.3. The molecule has 0 unspecified atom stereocenters. The zero-order valence-corrected chi connectivity index (χ0v) is 15.2. The zero-order valence-electron chi connectivity index (χ0n) is 13.5. The lowest BCUT2D eigenvalue weighted by atomic mass is 9.97. The third kappa shape index (κ3) is 2.98. The number of amides is 1. The topological polar surface area (TPSA) is 78.0 Å². The average Bonchev–Trinajstić information content (AvgIpc) is 2.99. The second-order valence-corrected chi connectivity index (χ2v) is 8.04. The molecule has 0 radical (unpaired) electrons. The first-order chi connectivity index (χ1) is 12.1. The molecule has 0 aliphatic heterocycles. The summed E-state index contributed by atoms with van der Waals surface area (Å²) in [7, 11) is 0. The molecule has 1 aromatic carbocycles. The maximum absolute atomic E-state index is 13.3. The maximum atomic E-state index is 13.3. The first-order valence-electron chi connectivity index (χ1n) is 8.19. The number of carbonyl (C=O) groups excluding carboxylic acids is 1. The van der Waals surface area contributed by atoms with Crippen molar-refractivity contribution in [2.45, 2.75) is 30.8 Å². The van der Waals surface area contributed by atoms with Crippen molar-refractivity contribution < 1.29 is 4.79 Å². The number of carbonyl (C=O) groups is 1. The molecule has 0 spiro atoms. The molecule has 7 heteroatoms. The second-order valence-electron chi connectivity index (χ2n) is 6.02. The first-order valence-corrected chi connectivity index (χ1v) is 9.99. The molecule has 0 saturated carbocycles. The number of thioether (sulfide) groups is 1. The summed E-state index contributed by atoms with van der Waals surface area (Å²) >= 11 is 2.82. The first kappa shape index (κ1) is 16.4. The van der Waals surface area contributed by atoms with Gasteiger partial charge in [0.2, 0.25) is 5.91 Å². The van der Waals surface area contributed by atoms with E-state index in [4.69, 9.17) is 10.7 Å². The number of fused-ring (bicyclic) bond motifs is 3. The number of hydrogen-bond acceptors (Lipinski definition) is 5. The molecule has 2 heterocycles. The summed E-state index contributed by atoms with van der Waals surface area (Å²) in [6.45, 7) is 0. The summed E-state index contributed by atoms with van der Waals surface area (Å²) in [5, 5.41) is 1.26. The van der Waals surface area contributed by atoms with Crippen molar-refractivity contribution in [1.82, 2.24) is 9.55 Å². The quantitative estimate of drug-likeness (QED) is 0.565. The standard InChI is InChI=1S/C18H17N3O2S2/c19-14(22)10-24-18-20-16-15(12-8-4-5-9-13(12)25-16)17(23)21(18)11-6-2-1-3-7-11/h1-3,6-7H,4-5,8-10H2,(H2,19,22). The fourth-order valence-corrected chi connectivity index (χ4v) is 5.28. The lowest BCUT2D eigenvalue weighted by Crippen LogP contribution is -2.23. The number of aryl methyl sites for hydroxylation is 2. The summed E-state index contributed by atoms with van der Waals surface area (Å²) in [5.74, 6) is -0.333. The van der Waals surface area contributed by atoms with Crippen molar-refractivity contribution in [3.05, 3.63) is 51.1 Å². The molecule has 1 aliphatic carbocycles. The smallest absolute Gasteiger partial charge is 0.267 e. The van der Waals surface area contributed by atoms with Crippen LogP contribution in [0.1, 0.15) is 23.3 Å². The van der Waals surface area contributed by atoms with Gasteiger partial charge in [0.05, 0.1) is 16.8 Å². The van der Waals surface area contributed by atoms with E-state index in [0.29, 0.717) is 5.16 Å². The van der Waals surface area contributed by atoms with Gasteiger partial charge in [0.1, 0.15) is 4.83 Å². The molecule has 2 N–H and O–H groups in total. The lowest BCUT2D eigenvalue weighted by molar-refractivity contribution is -0.115. The van der Waals surface area contributed by atoms with Gasteiger partial charge in [0.15, 0.2) is 5.16 Å². The summed E-state index contributed by atoms with van der Waals surface area (Å²) in [6.07, 6.45) is 4.23. The summed E-state index contributed by atoms with van der Waals surface area (Å²) in [6, 6.07) is 9.43. The Morgan fingerprint density at radius 2 is 2.00 bits per heavy atom. The molecule has 1 aliphatic rings. The number of para-hydroxylation sites is 1. The molecular weight excluding hydrogens is 354 g/mol. The summed E-state index contributed by atoms with van der Waals surface area (Å²) in [5.41, 5.74) is 7.15. The van der Waals surface area contributed by atoms with Crippen molar-refractivity contribution >= 4 is 39.2 Å². The number of hydrogen-bond donors (Lipinski definition) is 1. The fourth-order valence-electron chi connectivity index (χ4n) is 3.22. The third-order valence-electron chi connectivity index (χ3n) is 4.32. The lowest BCUT2D eigenvalue weighted by Gasteiger charge is -2.13. The zero-order chi connectivity index (χ0) is 17.4. The van der Waals surface area contributed by atoms with E-state index in [1.54, 1.807) is 15.9 Å². The van der Waals surface area contributed by atoms with Crippen molar-refractivity contribution in [3.8, 4) is 5.69 Å². The van der Waals surface area contributed by atoms with Crippen LogP contribution >= 0.6 is 23.1 Å². The predicted octanol–water partition coefficient (Wildman–Crippen LogP) is 2.90. The van der Waals surface area contributed by atoms with Gasteiger partial charge in [-0.25, -0.2) is 4.98 Å². The van der Waals surface area contributed by atoms with Crippen LogP contribution in [0.3, 0.4) is 0 Å². The predicted molar refractivity (Wildman–Crippen MR) is 102 cm³/mol. The van der Waals surface area contributed by atoms with E-state index in [-0.39, 0.29) is 11.3 Å². The van der Waals surface area contributed by atoms with E-state index in [2.05, 4.69) is 0 Å². The number of benzene rings is 1. The molecule has 0 fully saturated rings. The maximum Gasteiger partial charge on any atom is 0.267 e. The van der Waals surface area contributed by atoms with Crippen molar-refractivity contribution in [3.63, 3.8) is 0 Å². The Hall–Kier alpha value is -2.12. The number of aromatic nitrogens is 2. The number of rotatable bonds is 4. The van der Waals surface area contributed by atoms with Crippen LogP contribution in [0.25, 0.3) is 15.9 Å². The highest BCUT2D eigenvalue weighted by molar-refractivity contribution is 7.99. The van der Waals surface area contributed by atoms with Gasteiger partial charge in [-0.2, -0.15) is 0 Å². The van der Waals surface area contributed by atoms with Gasteiger partial charge in [0, 0.05) is 4.88 Å². The van der Waals surface area contributed by atoms with E-state index >= 15 is 0 Å². The Balaban J connectivity index is 1.98. The van der Waals surface area contributed by atoms with Crippen LogP contribution in [-0.4, -0.2) is 21.2 Å². The van der Waals surface area contributed by atoms with Gasteiger partial charge in [-0.05, 0) is 43.4 Å². The van der Waals surface area contributed by atoms with E-state index in [0.717, 1.165) is 41.6 Å². The van der Waals surface area contributed by atoms with Gasteiger partial charge >= 0.3 is 0 Å². The Morgan fingerprint density at radius 1 is 1.24 bits per heavy atom. The molecule has 5 nitrogen and oxygen atoms in total. The number of nitrogens with two attached hydrogens (primary N) is 1. The Bertz CT molecular complexity index is 1010. The van der Waals surface area contributed by atoms with Crippen molar-refractivity contribution in [2.75, 3.05) is 5.75 Å². The second kappa shape index (κ2) is 6.65.